The van der Waals surface area contributed by atoms with Crippen LogP contribution >= 0.6 is 22.6 Å². The lowest BCUT2D eigenvalue weighted by Gasteiger charge is -2.38. The molecular weight excluding hydrogens is 551 g/mol. The maximum absolute atomic E-state index is 14.0. The zero-order valence-electron chi connectivity index (χ0n) is 21.2. The van der Waals surface area contributed by atoms with Crippen LogP contribution in [0.15, 0.2) is 9.03 Å². The van der Waals surface area contributed by atoms with E-state index in [1.165, 1.54) is 35.2 Å². The van der Waals surface area contributed by atoms with Crippen molar-refractivity contribution in [2.75, 3.05) is 68.0 Å². The topological polar surface area (TPSA) is 259 Å². The Labute approximate surface area is 214 Å². The van der Waals surface area contributed by atoms with Gasteiger partial charge in [-0.1, -0.05) is 0 Å². The lowest BCUT2D eigenvalue weighted by Crippen LogP contribution is -2.44. The third-order valence-electron chi connectivity index (χ3n) is 4.50. The number of likely N-dealkylation sites (N-methyl/N-ethyl adjacent to an activating group) is 5. The number of carbonyl (C=O) groups excluding carboxylic acids is 5. The summed E-state index contributed by atoms with van der Waals surface area (Å²) in [4.78, 5) is 62.8. The molecule has 1 unspecified atom stereocenters. The minimum absolute atomic E-state index is 0.318. The Morgan fingerprint density at radius 1 is 0.541 bits per heavy atom. The monoisotopic (exact) mass is 587 g/mol. The molecule has 19 nitrogen and oxygen atoms in total. The summed E-state index contributed by atoms with van der Waals surface area (Å²) in [5.74, 6) is -2.32. The van der Waals surface area contributed by atoms with Crippen LogP contribution < -0.4 is 56.9 Å². The maximum Gasteiger partial charge on any atom is 0.333 e. The summed E-state index contributed by atoms with van der Waals surface area (Å²) < 4.78 is 23.0. The molecule has 1 aliphatic rings. The second-order valence-corrected chi connectivity index (χ2v) is 14.6. The predicted molar refractivity (Wildman–Crippen MR) is 140 cm³/mol. The Balaban J connectivity index is 3.75. The first-order valence-corrected chi connectivity index (χ1v) is 15.9. The van der Waals surface area contributed by atoms with Crippen LogP contribution in [0.3, 0.4) is 0 Å². The number of hydrogen-bond donors (Lipinski definition) is 11. The van der Waals surface area contributed by atoms with Gasteiger partial charge in [-0.25, -0.2) is 25.4 Å². The highest BCUT2D eigenvalue weighted by atomic mass is 31.3. The number of nitrogens with zero attached hydrogens (tertiary/aromatic N) is 2. The van der Waals surface area contributed by atoms with Crippen molar-refractivity contribution >= 4 is 52.1 Å². The van der Waals surface area contributed by atoms with Gasteiger partial charge in [-0.3, -0.25) is 28.5 Å². The summed E-state index contributed by atoms with van der Waals surface area (Å²) >= 11 is 0. The molecule has 0 aromatic heterocycles. The van der Waals surface area contributed by atoms with Crippen LogP contribution in [0.4, 0.5) is 0 Å². The van der Waals surface area contributed by atoms with Gasteiger partial charge in [0.25, 0.3) is 0 Å². The van der Waals surface area contributed by atoms with Crippen molar-refractivity contribution in [1.29, 1.82) is 0 Å². The first-order chi connectivity index (χ1) is 17.4. The molecule has 1 aliphatic heterocycles. The normalized spacial score (nSPS) is 19.4. The Bertz CT molecular complexity index is 987. The largest absolute Gasteiger partial charge is 0.358 e. The molecule has 0 saturated heterocycles. The second-order valence-electron chi connectivity index (χ2n) is 7.13. The SMILES string of the molecule is CNC(=O)CNP1(=O)N=P(NCC(=O)NC)(NCC(=O)NC)N=P(NCC(=O)NC)(NCC(=O)NC)N1. The molecule has 1 heterocycles. The molecule has 0 fully saturated rings. The number of rotatable bonds is 15. The fraction of sp³-hybridized carbons (Fsp3) is 0.667. The van der Waals surface area contributed by atoms with E-state index in [-0.39, 0.29) is 26.2 Å². The van der Waals surface area contributed by atoms with Gasteiger partial charge in [0.05, 0.1) is 32.7 Å². The summed E-state index contributed by atoms with van der Waals surface area (Å²) in [6.07, 6.45) is 0. The summed E-state index contributed by atoms with van der Waals surface area (Å²) in [6, 6.07) is 0. The van der Waals surface area contributed by atoms with Crippen LogP contribution in [0.2, 0.25) is 0 Å². The van der Waals surface area contributed by atoms with E-state index in [9.17, 15) is 28.5 Å². The minimum atomic E-state index is -4.10. The zero-order chi connectivity index (χ0) is 28.1. The average Bonchev–Trinajstić information content (AvgIpc) is 2.90. The average molecular weight is 587 g/mol. The van der Waals surface area contributed by atoms with Crippen molar-refractivity contribution in [2.45, 2.75) is 0 Å². The Hall–Kier alpha value is -2.20. The van der Waals surface area contributed by atoms with E-state index in [0.717, 1.165) is 0 Å². The van der Waals surface area contributed by atoms with Gasteiger partial charge in [-0.05, 0) is 0 Å². The molecule has 5 amide bonds. The second kappa shape index (κ2) is 15.3. The van der Waals surface area contributed by atoms with E-state index in [4.69, 9.17) is 0 Å². The fourth-order valence-electron chi connectivity index (χ4n) is 2.43. The van der Waals surface area contributed by atoms with Crippen LogP contribution in [-0.2, 0) is 28.5 Å². The van der Waals surface area contributed by atoms with Gasteiger partial charge in [0.1, 0.15) is 0 Å². The highest BCUT2D eigenvalue weighted by Crippen LogP contribution is 2.67. The van der Waals surface area contributed by atoms with Gasteiger partial charge >= 0.3 is 7.59 Å². The van der Waals surface area contributed by atoms with E-state index in [0.29, 0.717) is 0 Å². The van der Waals surface area contributed by atoms with E-state index in [1.54, 1.807) is 0 Å². The molecule has 0 bridgehead atoms. The molecule has 0 saturated carbocycles. The standard InChI is InChI=1S/C15H36N13O6P3/c1-16-11(29)6-21-35(22-7-12(30)17-2)26-36(23-8-13(31)18-3,24-9-14(32)19-4)28-37(34,27-35)25-10-15(33)20-5/h21-24H,6-10H2,1-5H3,(H,16,29)(H,17,30)(H,18,31)(H,19,32)(H,20,33)(H2,25,27,34). The molecule has 0 radical (unpaired) electrons. The van der Waals surface area contributed by atoms with E-state index < -0.39 is 58.7 Å². The molecule has 212 valence electrons. The molecule has 0 aliphatic carbocycles. The Morgan fingerprint density at radius 3 is 1.22 bits per heavy atom. The fourth-order valence-corrected chi connectivity index (χ4v) is 13.2. The molecule has 37 heavy (non-hydrogen) atoms. The van der Waals surface area contributed by atoms with Crippen molar-refractivity contribution in [3.8, 4) is 0 Å². The predicted octanol–water partition coefficient (Wildman–Crippen LogP) is -3.73. The maximum atomic E-state index is 14.0. The number of carbonyl (C=O) groups is 5. The van der Waals surface area contributed by atoms with Gasteiger partial charge in [0.15, 0.2) is 7.51 Å². The molecule has 0 spiro atoms. The molecule has 0 aromatic carbocycles. The Kier molecular flexibility index (Phi) is 13.5. The van der Waals surface area contributed by atoms with Crippen molar-refractivity contribution in [2.24, 2.45) is 9.03 Å². The van der Waals surface area contributed by atoms with Crippen LogP contribution in [0.5, 0.6) is 0 Å². The highest BCUT2D eigenvalue weighted by molar-refractivity contribution is 7.85. The first-order valence-electron chi connectivity index (χ1n) is 10.9. The van der Waals surface area contributed by atoms with E-state index in [2.05, 4.69) is 65.9 Å². The molecule has 11 N–H and O–H groups in total. The smallest absolute Gasteiger partial charge is 0.333 e. The number of amides is 5. The van der Waals surface area contributed by atoms with Gasteiger partial charge in [-0.15, -0.1) is 0 Å². The molecule has 1 atom stereocenters. The van der Waals surface area contributed by atoms with Crippen LogP contribution in [-0.4, -0.2) is 97.5 Å². The minimum Gasteiger partial charge on any atom is -0.358 e. The van der Waals surface area contributed by atoms with Crippen LogP contribution in [0.25, 0.3) is 0 Å². The summed E-state index contributed by atoms with van der Waals surface area (Å²) in [5, 5.41) is 26.1. The van der Waals surface area contributed by atoms with E-state index in [1.807, 2.05) is 0 Å². The highest BCUT2D eigenvalue weighted by Gasteiger charge is 2.41. The number of hydrogen-bond acceptors (Lipinski definition) is 11. The van der Waals surface area contributed by atoms with Gasteiger partial charge in [-0.2, -0.15) is 13.9 Å². The Morgan fingerprint density at radius 2 is 0.865 bits per heavy atom. The lowest BCUT2D eigenvalue weighted by atomic mass is 10.6. The molecule has 1 rings (SSSR count). The summed E-state index contributed by atoms with van der Waals surface area (Å²) in [5.41, 5.74) is 0. The van der Waals surface area contributed by atoms with E-state index >= 15 is 0 Å². The van der Waals surface area contributed by atoms with Gasteiger partial charge < -0.3 is 26.6 Å². The van der Waals surface area contributed by atoms with Crippen LogP contribution in [0, 0.1) is 0 Å². The van der Waals surface area contributed by atoms with Crippen LogP contribution in [0.1, 0.15) is 0 Å². The summed E-state index contributed by atoms with van der Waals surface area (Å²) in [7, 11) is -4.18. The van der Waals surface area contributed by atoms with Crippen molar-refractivity contribution in [3.63, 3.8) is 0 Å². The van der Waals surface area contributed by atoms with Gasteiger partial charge in [0.2, 0.25) is 37.0 Å². The van der Waals surface area contributed by atoms with Gasteiger partial charge in [0, 0.05) is 35.2 Å². The zero-order valence-corrected chi connectivity index (χ0v) is 23.9. The van der Waals surface area contributed by atoms with Crippen molar-refractivity contribution in [1.82, 2.24) is 56.9 Å². The first kappa shape index (κ1) is 32.8. The lowest BCUT2D eigenvalue weighted by molar-refractivity contribution is -0.120. The quantitative estimate of drug-likeness (QED) is 0.0827. The third kappa shape index (κ3) is 11.0. The molecule has 0 aromatic rings. The molecular formula is C15H36N13O6P3. The molecule has 22 heteroatoms. The van der Waals surface area contributed by atoms with Crippen molar-refractivity contribution < 1.29 is 28.5 Å². The third-order valence-corrected chi connectivity index (χ3v) is 13.9. The summed E-state index contributed by atoms with van der Waals surface area (Å²) in [6.45, 7) is -1.72. The number of nitrogens with one attached hydrogen (secondary N) is 11. The van der Waals surface area contributed by atoms with Crippen molar-refractivity contribution in [3.05, 3.63) is 0 Å².